The molecule has 2 N–H and O–H groups in total. The Kier molecular flexibility index (Phi) is 4.42. The van der Waals surface area contributed by atoms with Crippen molar-refractivity contribution < 1.29 is 9.32 Å². The zero-order valence-electron chi connectivity index (χ0n) is 13.3. The third kappa shape index (κ3) is 3.72. The number of hydrogen-bond acceptors (Lipinski definition) is 7. The van der Waals surface area contributed by atoms with Gasteiger partial charge in [-0.15, -0.1) is 10.2 Å². The van der Waals surface area contributed by atoms with Crippen molar-refractivity contribution in [2.75, 3.05) is 5.32 Å². The molecule has 9 heteroatoms. The molecule has 2 aliphatic carbocycles. The molecular weight excluding hydrogens is 328 g/mol. The number of hydrogen-bond donors (Lipinski definition) is 2. The summed E-state index contributed by atoms with van der Waals surface area (Å²) in [5, 5.41) is 19.2. The van der Waals surface area contributed by atoms with E-state index in [1.54, 1.807) is 0 Å². The number of anilines is 1. The average Bonchev–Trinajstić information content (AvgIpc) is 3.17. The fourth-order valence-electron chi connectivity index (χ4n) is 2.94. The van der Waals surface area contributed by atoms with Gasteiger partial charge in [-0.25, -0.2) is 4.79 Å². The largest absolute Gasteiger partial charge is 0.337 e. The van der Waals surface area contributed by atoms with Crippen LogP contribution in [0.2, 0.25) is 0 Å². The summed E-state index contributed by atoms with van der Waals surface area (Å²) >= 11 is 1.46. The second-order valence-electron chi connectivity index (χ2n) is 6.41. The van der Waals surface area contributed by atoms with Crippen LogP contribution in [0.15, 0.2) is 4.52 Å². The van der Waals surface area contributed by atoms with E-state index in [1.807, 2.05) is 0 Å². The minimum Gasteiger partial charge on any atom is -0.337 e. The van der Waals surface area contributed by atoms with Gasteiger partial charge in [0.05, 0.1) is 6.54 Å². The number of carbonyl (C=O) groups is 1. The van der Waals surface area contributed by atoms with Gasteiger partial charge in [0.15, 0.2) is 5.82 Å². The van der Waals surface area contributed by atoms with Crippen molar-refractivity contribution in [2.45, 2.75) is 63.3 Å². The zero-order valence-corrected chi connectivity index (χ0v) is 14.1. The topological polar surface area (TPSA) is 106 Å². The van der Waals surface area contributed by atoms with E-state index < -0.39 is 0 Å². The number of rotatable bonds is 5. The van der Waals surface area contributed by atoms with E-state index in [1.165, 1.54) is 43.4 Å². The molecule has 2 heterocycles. The van der Waals surface area contributed by atoms with Crippen LogP contribution in [-0.2, 0) is 6.54 Å². The molecule has 2 amide bonds. The van der Waals surface area contributed by atoms with Gasteiger partial charge in [-0.3, -0.25) is 5.32 Å². The third-order valence-electron chi connectivity index (χ3n) is 4.44. The molecule has 8 nitrogen and oxygen atoms in total. The van der Waals surface area contributed by atoms with Gasteiger partial charge in [-0.2, -0.15) is 4.98 Å². The van der Waals surface area contributed by atoms with Crippen LogP contribution in [0.25, 0.3) is 0 Å². The van der Waals surface area contributed by atoms with Gasteiger partial charge in [0.1, 0.15) is 5.01 Å². The second kappa shape index (κ2) is 6.84. The number of amides is 2. The predicted molar refractivity (Wildman–Crippen MR) is 87.9 cm³/mol. The molecule has 128 valence electrons. The zero-order chi connectivity index (χ0) is 16.4. The Hall–Kier alpha value is -2.03. The smallest absolute Gasteiger partial charge is 0.321 e. The molecule has 2 fully saturated rings. The lowest BCUT2D eigenvalue weighted by atomic mass is 9.90. The first-order valence-electron chi connectivity index (χ1n) is 8.48. The summed E-state index contributed by atoms with van der Waals surface area (Å²) in [6, 6.07) is -0.340. The Labute approximate surface area is 143 Å². The molecule has 2 aromatic heterocycles. The molecule has 24 heavy (non-hydrogen) atoms. The summed E-state index contributed by atoms with van der Waals surface area (Å²) in [7, 11) is 0. The van der Waals surface area contributed by atoms with E-state index in [9.17, 15) is 4.79 Å². The fraction of sp³-hybridized carbons (Fsp3) is 0.667. The summed E-state index contributed by atoms with van der Waals surface area (Å²) in [6.45, 7) is 0.208. The molecule has 2 aliphatic rings. The number of urea groups is 1. The highest BCUT2D eigenvalue weighted by molar-refractivity contribution is 7.15. The molecule has 0 saturated heterocycles. The van der Waals surface area contributed by atoms with Crippen molar-refractivity contribution in [1.82, 2.24) is 25.7 Å². The first-order valence-corrected chi connectivity index (χ1v) is 9.30. The number of nitrogens with zero attached hydrogens (tertiary/aromatic N) is 4. The van der Waals surface area contributed by atoms with Crippen LogP contribution in [0.4, 0.5) is 9.93 Å². The van der Waals surface area contributed by atoms with E-state index in [0.717, 1.165) is 23.7 Å². The number of nitrogens with one attached hydrogen (secondary N) is 2. The molecule has 4 rings (SSSR count). The molecule has 0 atom stereocenters. The normalized spacial score (nSPS) is 18.5. The molecular formula is C15H20N6O2S. The van der Waals surface area contributed by atoms with Crippen molar-refractivity contribution in [1.29, 1.82) is 0 Å². The maximum atomic E-state index is 12.0. The minimum atomic E-state index is -0.340. The molecule has 0 radical (unpaired) electrons. The summed E-state index contributed by atoms with van der Waals surface area (Å²) < 4.78 is 5.12. The molecule has 2 aromatic rings. The second-order valence-corrected chi connectivity index (χ2v) is 7.42. The Bertz CT molecular complexity index is 704. The van der Waals surface area contributed by atoms with E-state index >= 15 is 0 Å². The number of aromatic nitrogens is 4. The summed E-state index contributed by atoms with van der Waals surface area (Å²) in [4.78, 5) is 16.2. The van der Waals surface area contributed by atoms with Gasteiger partial charge >= 0.3 is 6.03 Å². The Morgan fingerprint density at radius 1 is 1.12 bits per heavy atom. The predicted octanol–water partition coefficient (Wildman–Crippen LogP) is 3.17. The lowest BCUT2D eigenvalue weighted by Gasteiger charge is -2.18. The summed E-state index contributed by atoms with van der Waals surface area (Å²) in [5.41, 5.74) is 0. The van der Waals surface area contributed by atoms with Gasteiger partial charge in [0.25, 0.3) is 0 Å². The van der Waals surface area contributed by atoms with Crippen molar-refractivity contribution in [3.63, 3.8) is 0 Å². The van der Waals surface area contributed by atoms with E-state index in [4.69, 9.17) is 4.52 Å². The Morgan fingerprint density at radius 3 is 2.75 bits per heavy atom. The Morgan fingerprint density at radius 2 is 1.96 bits per heavy atom. The summed E-state index contributed by atoms with van der Waals surface area (Å²) in [5.74, 6) is 2.10. The van der Waals surface area contributed by atoms with Gasteiger partial charge in [0.2, 0.25) is 11.0 Å². The lowest BCUT2D eigenvalue weighted by molar-refractivity contribution is 0.249. The highest BCUT2D eigenvalue weighted by atomic mass is 32.1. The molecule has 0 aromatic carbocycles. The highest BCUT2D eigenvalue weighted by Crippen LogP contribution is 2.38. The first kappa shape index (κ1) is 15.5. The summed E-state index contributed by atoms with van der Waals surface area (Å²) in [6.07, 6.45) is 8.38. The van der Waals surface area contributed by atoms with Crippen molar-refractivity contribution >= 4 is 22.5 Å². The monoisotopic (exact) mass is 348 g/mol. The van der Waals surface area contributed by atoms with Crippen molar-refractivity contribution in [2.24, 2.45) is 0 Å². The first-order chi connectivity index (χ1) is 11.8. The number of carbonyl (C=O) groups excluding carboxylic acids is 1. The van der Waals surface area contributed by atoms with Crippen LogP contribution in [-0.4, -0.2) is 26.4 Å². The van der Waals surface area contributed by atoms with Crippen LogP contribution >= 0.6 is 11.3 Å². The molecule has 0 spiro atoms. The Balaban J connectivity index is 1.26. The van der Waals surface area contributed by atoms with Crippen molar-refractivity contribution in [3.05, 3.63) is 16.7 Å². The molecule has 2 saturated carbocycles. The lowest BCUT2D eigenvalue weighted by Crippen LogP contribution is -2.28. The fourth-order valence-corrected chi connectivity index (χ4v) is 3.85. The standard InChI is InChI=1S/C15H20N6O2S/c22-14(16-8-11-17-12(21-23-11)9-6-7-9)18-15-20-19-13(24-15)10-4-2-1-3-5-10/h9-10H,1-8H2,(H2,16,18,20,22). The molecule has 0 aliphatic heterocycles. The van der Waals surface area contributed by atoms with Crippen LogP contribution < -0.4 is 10.6 Å². The maximum absolute atomic E-state index is 12.0. The van der Waals surface area contributed by atoms with Crippen LogP contribution in [0, 0.1) is 0 Å². The van der Waals surface area contributed by atoms with E-state index in [0.29, 0.717) is 22.9 Å². The van der Waals surface area contributed by atoms with Crippen LogP contribution in [0.3, 0.4) is 0 Å². The van der Waals surface area contributed by atoms with Crippen molar-refractivity contribution in [3.8, 4) is 0 Å². The van der Waals surface area contributed by atoms with Gasteiger partial charge in [0, 0.05) is 11.8 Å². The van der Waals surface area contributed by atoms with Gasteiger partial charge in [-0.05, 0) is 25.7 Å². The molecule has 0 bridgehead atoms. The molecule has 0 unspecified atom stereocenters. The van der Waals surface area contributed by atoms with E-state index in [2.05, 4.69) is 31.0 Å². The van der Waals surface area contributed by atoms with Gasteiger partial charge in [-0.1, -0.05) is 35.8 Å². The van der Waals surface area contributed by atoms with E-state index in [-0.39, 0.29) is 12.6 Å². The van der Waals surface area contributed by atoms with Crippen LogP contribution in [0.1, 0.15) is 73.5 Å². The van der Waals surface area contributed by atoms with Gasteiger partial charge < -0.3 is 9.84 Å². The maximum Gasteiger partial charge on any atom is 0.321 e. The average molecular weight is 348 g/mol. The SMILES string of the molecule is O=C(NCc1nc(C2CC2)no1)Nc1nnc(C2CCCCC2)s1. The van der Waals surface area contributed by atoms with Crippen LogP contribution in [0.5, 0.6) is 0 Å². The quantitative estimate of drug-likeness (QED) is 0.859. The highest BCUT2D eigenvalue weighted by Gasteiger charge is 2.28. The third-order valence-corrected chi connectivity index (χ3v) is 5.44. The minimum absolute atomic E-state index is 0.208.